The minimum Gasteiger partial charge on any atom is -0.385 e. The Kier molecular flexibility index (Phi) is 6.19. The quantitative estimate of drug-likeness (QED) is 0.761. The molecule has 0 amide bonds. The molecule has 1 aliphatic heterocycles. The Morgan fingerprint density at radius 2 is 1.78 bits per heavy atom. The molecule has 23 heavy (non-hydrogen) atoms. The zero-order valence-corrected chi connectivity index (χ0v) is 15.2. The molecule has 1 fully saturated rings. The molecule has 2 rings (SSSR count). The molecule has 0 unspecified atom stereocenters. The topological polar surface area (TPSA) is 49.9 Å². The fraction of sp³-hybridized carbons (Fsp3) is 0.647. The maximum Gasteiger partial charge on any atom is 0.218 e. The van der Waals surface area contributed by atoms with Crippen LogP contribution in [0.15, 0.2) is 30.3 Å². The molecular formula is C17H28N2O3S. The summed E-state index contributed by atoms with van der Waals surface area (Å²) in [4.78, 5) is 2.23. The van der Waals surface area contributed by atoms with E-state index in [-0.39, 0.29) is 11.3 Å². The molecule has 6 heteroatoms. The molecule has 0 atom stereocenters. The third kappa shape index (κ3) is 4.53. The molecule has 0 N–H and O–H groups in total. The fourth-order valence-electron chi connectivity index (χ4n) is 3.27. The fourth-order valence-corrected chi connectivity index (χ4v) is 4.80. The van der Waals surface area contributed by atoms with Crippen LogP contribution in [-0.2, 0) is 20.5 Å². The van der Waals surface area contributed by atoms with Gasteiger partial charge in [-0.15, -0.1) is 0 Å². The van der Waals surface area contributed by atoms with Gasteiger partial charge in [-0.1, -0.05) is 30.3 Å². The Bertz CT molecular complexity index is 579. The van der Waals surface area contributed by atoms with Crippen LogP contribution in [0.1, 0.15) is 24.8 Å². The van der Waals surface area contributed by atoms with Crippen molar-refractivity contribution in [2.24, 2.45) is 0 Å². The first kappa shape index (κ1) is 18.4. The van der Waals surface area contributed by atoms with Gasteiger partial charge in [-0.3, -0.25) is 0 Å². The van der Waals surface area contributed by atoms with Gasteiger partial charge < -0.3 is 9.64 Å². The van der Waals surface area contributed by atoms with Gasteiger partial charge in [-0.05, 0) is 38.9 Å². The Morgan fingerprint density at radius 3 is 2.30 bits per heavy atom. The number of hydrogen-bond acceptors (Lipinski definition) is 4. The third-order valence-corrected chi connectivity index (χ3v) is 6.81. The van der Waals surface area contributed by atoms with Crippen LogP contribution in [0.2, 0.25) is 0 Å². The van der Waals surface area contributed by atoms with Gasteiger partial charge >= 0.3 is 0 Å². The number of piperidine rings is 1. The summed E-state index contributed by atoms with van der Waals surface area (Å²) in [7, 11) is 2.61. The maximum atomic E-state index is 12.6. The Labute approximate surface area is 140 Å². The van der Waals surface area contributed by atoms with Crippen LogP contribution >= 0.6 is 0 Å². The summed E-state index contributed by atoms with van der Waals surface area (Å²) in [5.41, 5.74) is 0.880. The normalized spacial score (nSPS) is 19.1. The van der Waals surface area contributed by atoms with E-state index in [1.807, 2.05) is 30.3 Å². The van der Waals surface area contributed by atoms with Gasteiger partial charge in [0.05, 0.1) is 5.75 Å². The van der Waals surface area contributed by atoms with Crippen LogP contribution in [-0.4, -0.2) is 64.1 Å². The van der Waals surface area contributed by atoms with Crippen molar-refractivity contribution in [3.8, 4) is 0 Å². The lowest BCUT2D eigenvalue weighted by atomic mass is 9.84. The Balaban J connectivity index is 2.02. The van der Waals surface area contributed by atoms with E-state index >= 15 is 0 Å². The number of nitrogens with zero attached hydrogens (tertiary/aromatic N) is 2. The highest BCUT2D eigenvalue weighted by Crippen LogP contribution is 2.32. The smallest absolute Gasteiger partial charge is 0.218 e. The molecule has 130 valence electrons. The van der Waals surface area contributed by atoms with Gasteiger partial charge in [0.2, 0.25) is 10.0 Å². The highest BCUT2D eigenvalue weighted by Gasteiger charge is 2.39. The lowest BCUT2D eigenvalue weighted by molar-refractivity contribution is 0.0467. The summed E-state index contributed by atoms with van der Waals surface area (Å²) >= 11 is 0. The van der Waals surface area contributed by atoms with Gasteiger partial charge in [-0.2, -0.15) is 0 Å². The van der Waals surface area contributed by atoms with Crippen molar-refractivity contribution in [3.05, 3.63) is 35.9 Å². The second kappa shape index (κ2) is 7.75. The molecule has 1 aliphatic rings. The van der Waals surface area contributed by atoms with Gasteiger partial charge in [-0.25, -0.2) is 12.7 Å². The van der Waals surface area contributed by atoms with Crippen molar-refractivity contribution < 1.29 is 13.2 Å². The largest absolute Gasteiger partial charge is 0.385 e. The van der Waals surface area contributed by atoms with E-state index in [0.717, 1.165) is 24.8 Å². The van der Waals surface area contributed by atoms with Crippen LogP contribution < -0.4 is 0 Å². The Hall–Kier alpha value is -0.950. The molecule has 1 aromatic rings. The molecule has 1 aromatic carbocycles. The van der Waals surface area contributed by atoms with E-state index < -0.39 is 10.0 Å². The van der Waals surface area contributed by atoms with Gasteiger partial charge in [0.1, 0.15) is 0 Å². The molecule has 0 saturated carbocycles. The van der Waals surface area contributed by atoms with E-state index in [0.29, 0.717) is 19.7 Å². The highest BCUT2D eigenvalue weighted by molar-refractivity contribution is 7.88. The number of ether oxygens (including phenoxy) is 1. The van der Waals surface area contributed by atoms with Crippen molar-refractivity contribution in [2.45, 2.75) is 30.6 Å². The van der Waals surface area contributed by atoms with Crippen molar-refractivity contribution >= 4 is 10.0 Å². The van der Waals surface area contributed by atoms with E-state index in [1.54, 1.807) is 11.4 Å². The third-order valence-electron chi connectivity index (χ3n) is 4.96. The predicted octanol–water partition coefficient (Wildman–Crippen LogP) is 1.95. The summed E-state index contributed by atoms with van der Waals surface area (Å²) in [5, 5.41) is 0. The molecule has 0 aromatic heterocycles. The van der Waals surface area contributed by atoms with Crippen molar-refractivity contribution in [2.75, 3.05) is 40.9 Å². The maximum absolute atomic E-state index is 12.6. The first-order chi connectivity index (χ1) is 10.9. The van der Waals surface area contributed by atoms with E-state index in [9.17, 15) is 8.42 Å². The van der Waals surface area contributed by atoms with Crippen LogP contribution in [0.4, 0.5) is 0 Å². The SMILES string of the molecule is COCCC1(N(C)C)CCN(S(=O)(=O)Cc2ccccc2)CC1. The van der Waals surface area contributed by atoms with E-state index in [4.69, 9.17) is 4.74 Å². The summed E-state index contributed by atoms with van der Waals surface area (Å²) in [6.45, 7) is 1.86. The van der Waals surface area contributed by atoms with Gasteiger partial charge in [0.15, 0.2) is 0 Å². The molecule has 0 aliphatic carbocycles. The average Bonchev–Trinajstić information content (AvgIpc) is 2.53. The van der Waals surface area contributed by atoms with Crippen LogP contribution in [0.25, 0.3) is 0 Å². The average molecular weight is 340 g/mol. The first-order valence-corrected chi connectivity index (χ1v) is 9.69. The number of sulfonamides is 1. The van der Waals surface area contributed by atoms with Crippen LogP contribution in [0.3, 0.4) is 0 Å². The molecule has 5 nitrogen and oxygen atoms in total. The molecular weight excluding hydrogens is 312 g/mol. The zero-order valence-electron chi connectivity index (χ0n) is 14.4. The number of methoxy groups -OCH3 is 1. The van der Waals surface area contributed by atoms with E-state index in [1.165, 1.54) is 0 Å². The molecule has 0 spiro atoms. The minimum absolute atomic E-state index is 0.0365. The zero-order chi connectivity index (χ0) is 16.9. The number of benzene rings is 1. The molecule has 1 saturated heterocycles. The summed E-state index contributed by atoms with van der Waals surface area (Å²) in [5.74, 6) is 0.0842. The molecule has 0 bridgehead atoms. The molecule has 1 heterocycles. The monoisotopic (exact) mass is 340 g/mol. The second-order valence-corrected chi connectivity index (χ2v) is 8.47. The van der Waals surface area contributed by atoms with Crippen LogP contribution in [0, 0.1) is 0 Å². The highest BCUT2D eigenvalue weighted by atomic mass is 32.2. The summed E-state index contributed by atoms with van der Waals surface area (Å²) in [6.07, 6.45) is 2.62. The van der Waals surface area contributed by atoms with Gasteiger partial charge in [0, 0.05) is 32.3 Å². The summed E-state index contributed by atoms with van der Waals surface area (Å²) in [6, 6.07) is 9.39. The number of hydrogen-bond donors (Lipinski definition) is 0. The van der Waals surface area contributed by atoms with Crippen molar-refractivity contribution in [3.63, 3.8) is 0 Å². The van der Waals surface area contributed by atoms with Gasteiger partial charge in [0.25, 0.3) is 0 Å². The Morgan fingerprint density at radius 1 is 1.17 bits per heavy atom. The van der Waals surface area contributed by atoms with E-state index in [2.05, 4.69) is 19.0 Å². The first-order valence-electron chi connectivity index (χ1n) is 8.08. The van der Waals surface area contributed by atoms with Crippen molar-refractivity contribution in [1.29, 1.82) is 0 Å². The number of rotatable bonds is 7. The lowest BCUT2D eigenvalue weighted by Crippen LogP contribution is -2.54. The predicted molar refractivity (Wildman–Crippen MR) is 92.8 cm³/mol. The minimum atomic E-state index is -3.25. The summed E-state index contributed by atoms with van der Waals surface area (Å²) < 4.78 is 32.2. The van der Waals surface area contributed by atoms with Crippen LogP contribution in [0.5, 0.6) is 0 Å². The lowest BCUT2D eigenvalue weighted by Gasteiger charge is -2.45. The standard InChI is InChI=1S/C17H28N2O3S/c1-18(2)17(11-14-22-3)9-12-19(13-10-17)23(20,21)15-16-7-5-4-6-8-16/h4-8H,9-15H2,1-3H3. The van der Waals surface area contributed by atoms with Crippen molar-refractivity contribution in [1.82, 2.24) is 9.21 Å². The molecule has 0 radical (unpaired) electrons. The second-order valence-electron chi connectivity index (χ2n) is 6.50.